The standard InChI is InChI=1S/C12H15FN4/c1-3-7-16(8-4-2)12(15)17-9-10(13)5-6-11(17)14/h3-6,9,14-15H,1-2,7-8H2. The molecule has 1 rings (SSSR count). The summed E-state index contributed by atoms with van der Waals surface area (Å²) in [7, 11) is 0. The van der Waals surface area contributed by atoms with Crippen molar-refractivity contribution in [3.8, 4) is 0 Å². The second kappa shape index (κ2) is 5.79. The molecule has 0 unspecified atom stereocenters. The highest BCUT2D eigenvalue weighted by Crippen LogP contribution is 1.97. The zero-order valence-electron chi connectivity index (χ0n) is 9.49. The first kappa shape index (κ1) is 12.9. The van der Waals surface area contributed by atoms with Crippen LogP contribution in [0.5, 0.6) is 0 Å². The molecule has 0 atom stereocenters. The van der Waals surface area contributed by atoms with Gasteiger partial charge in [0.15, 0.2) is 0 Å². The van der Waals surface area contributed by atoms with Crippen LogP contribution < -0.4 is 5.49 Å². The van der Waals surface area contributed by atoms with E-state index in [1.54, 1.807) is 17.1 Å². The molecule has 0 saturated heterocycles. The maximum Gasteiger partial charge on any atom is 0.204 e. The third kappa shape index (κ3) is 3.14. The highest BCUT2D eigenvalue weighted by molar-refractivity contribution is 5.79. The molecular weight excluding hydrogens is 219 g/mol. The Morgan fingerprint density at radius 3 is 2.47 bits per heavy atom. The molecule has 90 valence electrons. The zero-order chi connectivity index (χ0) is 12.8. The van der Waals surface area contributed by atoms with Gasteiger partial charge in [0.2, 0.25) is 5.96 Å². The molecule has 0 radical (unpaired) electrons. The van der Waals surface area contributed by atoms with Crippen molar-refractivity contribution < 1.29 is 4.39 Å². The summed E-state index contributed by atoms with van der Waals surface area (Å²) in [6.07, 6.45) is 4.40. The predicted octanol–water partition coefficient (Wildman–Crippen LogP) is 1.56. The molecule has 0 bridgehead atoms. The highest BCUT2D eigenvalue weighted by Gasteiger charge is 2.09. The Hall–Kier alpha value is -2.17. The van der Waals surface area contributed by atoms with Crippen molar-refractivity contribution in [3.05, 3.63) is 54.9 Å². The molecule has 1 aromatic rings. The van der Waals surface area contributed by atoms with E-state index in [1.807, 2.05) is 0 Å². The Labute approximate surface area is 99.3 Å². The fraction of sp³-hybridized carbons (Fsp3) is 0.167. The number of nitrogens with one attached hydrogen (secondary N) is 2. The van der Waals surface area contributed by atoms with E-state index in [9.17, 15) is 4.39 Å². The monoisotopic (exact) mass is 234 g/mol. The molecule has 1 heterocycles. The fourth-order valence-corrected chi connectivity index (χ4v) is 1.36. The summed E-state index contributed by atoms with van der Waals surface area (Å²) in [4.78, 5) is 1.62. The van der Waals surface area contributed by atoms with Crippen LogP contribution in [0.25, 0.3) is 0 Å². The third-order valence-corrected chi connectivity index (χ3v) is 2.14. The smallest absolute Gasteiger partial charge is 0.204 e. The summed E-state index contributed by atoms with van der Waals surface area (Å²) in [5.41, 5.74) is 0.0505. The summed E-state index contributed by atoms with van der Waals surface area (Å²) in [5.74, 6) is -0.461. The van der Waals surface area contributed by atoms with Crippen molar-refractivity contribution in [2.24, 2.45) is 0 Å². The minimum absolute atomic E-state index is 0.0225. The van der Waals surface area contributed by atoms with Crippen molar-refractivity contribution in [2.75, 3.05) is 13.1 Å². The van der Waals surface area contributed by atoms with Gasteiger partial charge in [-0.05, 0) is 12.1 Å². The van der Waals surface area contributed by atoms with Crippen LogP contribution in [0.4, 0.5) is 4.39 Å². The summed E-state index contributed by atoms with van der Waals surface area (Å²) in [6.45, 7) is 8.07. The number of hydrogen-bond donors (Lipinski definition) is 2. The maximum atomic E-state index is 13.1. The van der Waals surface area contributed by atoms with Gasteiger partial charge in [0.25, 0.3) is 0 Å². The second-order valence-electron chi connectivity index (χ2n) is 3.41. The van der Waals surface area contributed by atoms with Gasteiger partial charge in [-0.2, -0.15) is 0 Å². The average molecular weight is 234 g/mol. The largest absolute Gasteiger partial charge is 0.335 e. The summed E-state index contributed by atoms with van der Waals surface area (Å²) >= 11 is 0. The third-order valence-electron chi connectivity index (χ3n) is 2.14. The maximum absolute atomic E-state index is 13.1. The summed E-state index contributed by atoms with van der Waals surface area (Å²) in [5, 5.41) is 15.6. The van der Waals surface area contributed by atoms with Gasteiger partial charge in [0, 0.05) is 19.3 Å². The van der Waals surface area contributed by atoms with Gasteiger partial charge in [0.05, 0.1) is 0 Å². The number of hydrogen-bond acceptors (Lipinski definition) is 2. The summed E-state index contributed by atoms with van der Waals surface area (Å²) < 4.78 is 14.3. The van der Waals surface area contributed by atoms with E-state index < -0.39 is 5.82 Å². The van der Waals surface area contributed by atoms with E-state index >= 15 is 0 Å². The normalized spacial score (nSPS) is 9.71. The number of pyridine rings is 1. The first-order chi connectivity index (χ1) is 8.10. The van der Waals surface area contributed by atoms with Gasteiger partial charge in [-0.3, -0.25) is 15.4 Å². The van der Waals surface area contributed by atoms with E-state index in [0.717, 1.165) is 6.20 Å². The van der Waals surface area contributed by atoms with E-state index in [2.05, 4.69) is 13.2 Å². The lowest BCUT2D eigenvalue weighted by atomic mass is 10.4. The molecule has 5 heteroatoms. The van der Waals surface area contributed by atoms with Gasteiger partial charge in [-0.25, -0.2) is 4.39 Å². The number of aromatic nitrogens is 1. The topological polar surface area (TPSA) is 55.9 Å². The molecule has 0 aliphatic heterocycles. The molecule has 0 aliphatic carbocycles. The van der Waals surface area contributed by atoms with Crippen molar-refractivity contribution >= 4 is 5.96 Å². The molecule has 2 N–H and O–H groups in total. The van der Waals surface area contributed by atoms with Crippen LogP contribution in [0.15, 0.2) is 43.6 Å². The number of halogens is 1. The van der Waals surface area contributed by atoms with E-state index in [0.29, 0.717) is 13.1 Å². The van der Waals surface area contributed by atoms with Crippen molar-refractivity contribution in [3.63, 3.8) is 0 Å². The lowest BCUT2D eigenvalue weighted by molar-refractivity contribution is 0.484. The Bertz CT molecular complexity index is 480. The van der Waals surface area contributed by atoms with Crippen LogP contribution in [0, 0.1) is 16.6 Å². The summed E-state index contributed by atoms with van der Waals surface area (Å²) in [6, 6.07) is 2.50. The van der Waals surface area contributed by atoms with Gasteiger partial charge < -0.3 is 4.90 Å². The lowest BCUT2D eigenvalue weighted by Crippen LogP contribution is -2.40. The Kier molecular flexibility index (Phi) is 4.39. The molecule has 4 nitrogen and oxygen atoms in total. The number of rotatable bonds is 4. The first-order valence-electron chi connectivity index (χ1n) is 5.08. The van der Waals surface area contributed by atoms with Crippen LogP contribution in [0.3, 0.4) is 0 Å². The SMILES string of the molecule is C=CCN(CC=C)C(=N)n1cc(F)ccc1=N. The van der Waals surface area contributed by atoms with Gasteiger partial charge in [-0.15, -0.1) is 13.2 Å². The van der Waals surface area contributed by atoms with Crippen molar-refractivity contribution in [1.29, 1.82) is 10.8 Å². The Morgan fingerprint density at radius 2 is 1.94 bits per heavy atom. The van der Waals surface area contributed by atoms with Gasteiger partial charge in [-0.1, -0.05) is 12.2 Å². The lowest BCUT2D eigenvalue weighted by Gasteiger charge is -2.23. The van der Waals surface area contributed by atoms with E-state index in [1.165, 1.54) is 16.7 Å². The first-order valence-corrected chi connectivity index (χ1v) is 5.08. The molecule has 0 amide bonds. The van der Waals surface area contributed by atoms with E-state index in [4.69, 9.17) is 10.8 Å². The second-order valence-corrected chi connectivity index (χ2v) is 3.41. The van der Waals surface area contributed by atoms with Gasteiger partial charge >= 0.3 is 0 Å². The van der Waals surface area contributed by atoms with Crippen molar-refractivity contribution in [1.82, 2.24) is 9.47 Å². The van der Waals surface area contributed by atoms with Crippen molar-refractivity contribution in [2.45, 2.75) is 0 Å². The molecule has 0 aromatic carbocycles. The van der Waals surface area contributed by atoms with E-state index in [-0.39, 0.29) is 11.4 Å². The van der Waals surface area contributed by atoms with Crippen LogP contribution in [-0.4, -0.2) is 28.5 Å². The zero-order valence-corrected chi connectivity index (χ0v) is 9.49. The molecule has 1 aromatic heterocycles. The predicted molar refractivity (Wildman–Crippen MR) is 65.3 cm³/mol. The molecule has 0 spiro atoms. The molecule has 0 fully saturated rings. The minimum Gasteiger partial charge on any atom is -0.335 e. The molecule has 17 heavy (non-hydrogen) atoms. The molecule has 0 aliphatic rings. The average Bonchev–Trinajstić information content (AvgIpc) is 2.31. The highest BCUT2D eigenvalue weighted by atomic mass is 19.1. The van der Waals surface area contributed by atoms with Crippen LogP contribution in [0.1, 0.15) is 0 Å². The number of nitrogens with zero attached hydrogens (tertiary/aromatic N) is 2. The quantitative estimate of drug-likeness (QED) is 0.463. The Balaban J connectivity index is 3.08. The molecule has 0 saturated carbocycles. The minimum atomic E-state index is -0.483. The molecular formula is C12H15FN4. The van der Waals surface area contributed by atoms with Gasteiger partial charge in [0.1, 0.15) is 11.3 Å². The van der Waals surface area contributed by atoms with Crippen LogP contribution in [0.2, 0.25) is 0 Å². The fourth-order valence-electron chi connectivity index (χ4n) is 1.36. The Morgan fingerprint density at radius 1 is 1.35 bits per heavy atom. The van der Waals surface area contributed by atoms with Crippen LogP contribution in [-0.2, 0) is 0 Å². The van der Waals surface area contributed by atoms with Crippen LogP contribution >= 0.6 is 0 Å².